The molecule has 0 unspecified atom stereocenters. The Labute approximate surface area is 209 Å². The summed E-state index contributed by atoms with van der Waals surface area (Å²) in [5.41, 5.74) is 6.10. The molecule has 0 saturated carbocycles. The summed E-state index contributed by atoms with van der Waals surface area (Å²) >= 11 is 0. The maximum absolute atomic E-state index is 13.7. The van der Waals surface area contributed by atoms with Gasteiger partial charge in [-0.15, -0.1) is 13.2 Å². The van der Waals surface area contributed by atoms with Crippen LogP contribution in [0.25, 0.3) is 12.2 Å². The van der Waals surface area contributed by atoms with Crippen LogP contribution >= 0.6 is 0 Å². The predicted molar refractivity (Wildman–Crippen MR) is 146 cm³/mol. The standard InChI is InChI=1S/C31H31NO2S/c1-3-11-25-13-8-15-27(21-25)23-29-17-10-20-32(35(33,34)30-18-6-5-7-19-30)31(29)24-28-16-9-14-26(22-28)12-4-2/h3-9,13-16,18-19,21-24H,1-2,10-12,17,20H2. The fourth-order valence-corrected chi connectivity index (χ4v) is 5.97. The molecule has 1 fully saturated rings. The van der Waals surface area contributed by atoms with E-state index in [0.717, 1.165) is 53.6 Å². The molecule has 4 rings (SSSR count). The molecule has 3 aromatic rings. The van der Waals surface area contributed by atoms with Gasteiger partial charge in [-0.2, -0.15) is 0 Å². The Morgan fingerprint density at radius 3 is 1.97 bits per heavy atom. The first-order valence-corrected chi connectivity index (χ1v) is 13.4. The van der Waals surface area contributed by atoms with Crippen LogP contribution in [0.15, 0.2) is 120 Å². The molecule has 0 N–H and O–H groups in total. The molecule has 0 spiro atoms. The van der Waals surface area contributed by atoms with Crippen LogP contribution in [0, 0.1) is 0 Å². The molecule has 1 aliphatic heterocycles. The maximum Gasteiger partial charge on any atom is 0.264 e. The lowest BCUT2D eigenvalue weighted by molar-refractivity contribution is 0.449. The number of hydrogen-bond donors (Lipinski definition) is 0. The molecule has 1 saturated heterocycles. The lowest BCUT2D eigenvalue weighted by Crippen LogP contribution is -2.35. The van der Waals surface area contributed by atoms with Gasteiger partial charge in [0.1, 0.15) is 0 Å². The van der Waals surface area contributed by atoms with Crippen LogP contribution in [0.5, 0.6) is 0 Å². The Morgan fingerprint density at radius 1 is 0.771 bits per heavy atom. The van der Waals surface area contributed by atoms with Crippen molar-refractivity contribution in [3.63, 3.8) is 0 Å². The molecule has 1 heterocycles. The first-order valence-electron chi connectivity index (χ1n) is 11.9. The molecule has 35 heavy (non-hydrogen) atoms. The molecule has 0 atom stereocenters. The zero-order chi connectivity index (χ0) is 24.7. The van der Waals surface area contributed by atoms with Crippen LogP contribution in [0.1, 0.15) is 35.1 Å². The fraction of sp³-hybridized carbons (Fsp3) is 0.161. The number of sulfonamides is 1. The van der Waals surface area contributed by atoms with Gasteiger partial charge in [-0.05, 0) is 77.8 Å². The molecule has 1 aliphatic rings. The molecule has 4 heteroatoms. The van der Waals surface area contributed by atoms with Crippen LogP contribution in [0.4, 0.5) is 0 Å². The molecule has 0 radical (unpaired) electrons. The third-order valence-electron chi connectivity index (χ3n) is 6.04. The largest absolute Gasteiger partial charge is 0.266 e. The lowest BCUT2D eigenvalue weighted by atomic mass is 9.96. The van der Waals surface area contributed by atoms with Gasteiger partial charge in [0.05, 0.1) is 10.6 Å². The first-order chi connectivity index (χ1) is 17.0. The van der Waals surface area contributed by atoms with Crippen LogP contribution in [-0.4, -0.2) is 19.3 Å². The van der Waals surface area contributed by atoms with Gasteiger partial charge in [0.15, 0.2) is 0 Å². The third-order valence-corrected chi connectivity index (χ3v) is 7.87. The van der Waals surface area contributed by atoms with E-state index < -0.39 is 10.0 Å². The molecule has 178 valence electrons. The average molecular weight is 482 g/mol. The Kier molecular flexibility index (Phi) is 7.84. The highest BCUT2D eigenvalue weighted by Crippen LogP contribution is 2.34. The second-order valence-electron chi connectivity index (χ2n) is 8.67. The van der Waals surface area contributed by atoms with E-state index in [1.807, 2.05) is 42.5 Å². The van der Waals surface area contributed by atoms with Crippen molar-refractivity contribution in [1.29, 1.82) is 0 Å². The Hall–Kier alpha value is -3.63. The summed E-state index contributed by atoms with van der Waals surface area (Å²) in [7, 11) is -3.70. The van der Waals surface area contributed by atoms with E-state index in [2.05, 4.69) is 49.6 Å². The van der Waals surface area contributed by atoms with Crippen molar-refractivity contribution in [2.45, 2.75) is 30.6 Å². The van der Waals surface area contributed by atoms with E-state index in [1.54, 1.807) is 28.6 Å². The highest BCUT2D eigenvalue weighted by Gasteiger charge is 2.31. The predicted octanol–water partition coefficient (Wildman–Crippen LogP) is 7.05. The molecule has 3 aromatic carbocycles. The average Bonchev–Trinajstić information content (AvgIpc) is 2.86. The summed E-state index contributed by atoms with van der Waals surface area (Å²) in [5.74, 6) is 0. The van der Waals surface area contributed by atoms with E-state index in [9.17, 15) is 8.42 Å². The number of piperidine rings is 1. The van der Waals surface area contributed by atoms with Gasteiger partial charge in [0, 0.05) is 6.54 Å². The van der Waals surface area contributed by atoms with Gasteiger partial charge in [-0.1, -0.05) is 78.9 Å². The minimum atomic E-state index is -3.70. The second kappa shape index (κ2) is 11.2. The maximum atomic E-state index is 13.7. The quantitative estimate of drug-likeness (QED) is 0.323. The van der Waals surface area contributed by atoms with E-state index in [4.69, 9.17) is 0 Å². The third kappa shape index (κ3) is 5.90. The minimum Gasteiger partial charge on any atom is -0.266 e. The number of allylic oxidation sites excluding steroid dienone is 3. The van der Waals surface area contributed by atoms with Crippen molar-refractivity contribution in [1.82, 2.24) is 4.31 Å². The smallest absolute Gasteiger partial charge is 0.264 e. The Balaban J connectivity index is 1.84. The SMILES string of the molecule is C=CCc1cccc(C=C2CCCN(S(=O)(=O)c3ccccc3)C2=Cc2cccc(CC=C)c2)c1. The van der Waals surface area contributed by atoms with Crippen LogP contribution in [-0.2, 0) is 22.9 Å². The number of nitrogens with zero attached hydrogens (tertiary/aromatic N) is 1. The van der Waals surface area contributed by atoms with Crippen LogP contribution in [0.3, 0.4) is 0 Å². The highest BCUT2D eigenvalue weighted by molar-refractivity contribution is 7.89. The van der Waals surface area contributed by atoms with Gasteiger partial charge in [-0.25, -0.2) is 8.42 Å². The van der Waals surface area contributed by atoms with E-state index >= 15 is 0 Å². The summed E-state index contributed by atoms with van der Waals surface area (Å²) in [6.45, 7) is 8.13. The summed E-state index contributed by atoms with van der Waals surface area (Å²) in [6, 6.07) is 25.2. The summed E-state index contributed by atoms with van der Waals surface area (Å²) in [6.07, 6.45) is 11.0. The van der Waals surface area contributed by atoms with Gasteiger partial charge in [0.2, 0.25) is 0 Å². The number of benzene rings is 3. The van der Waals surface area contributed by atoms with E-state index in [0.29, 0.717) is 11.4 Å². The van der Waals surface area contributed by atoms with E-state index in [1.165, 1.54) is 5.56 Å². The lowest BCUT2D eigenvalue weighted by Gasteiger charge is -2.33. The van der Waals surface area contributed by atoms with Gasteiger partial charge in [0.25, 0.3) is 10.0 Å². The fourth-order valence-electron chi connectivity index (χ4n) is 4.41. The number of rotatable bonds is 8. The summed E-state index contributed by atoms with van der Waals surface area (Å²) in [5, 5.41) is 0. The van der Waals surface area contributed by atoms with Crippen molar-refractivity contribution >= 4 is 22.2 Å². The van der Waals surface area contributed by atoms with Crippen LogP contribution < -0.4 is 0 Å². The van der Waals surface area contributed by atoms with Gasteiger partial charge < -0.3 is 0 Å². The summed E-state index contributed by atoms with van der Waals surface area (Å²) < 4.78 is 29.0. The Bertz CT molecular complexity index is 1370. The molecular weight excluding hydrogens is 450 g/mol. The van der Waals surface area contributed by atoms with Crippen molar-refractivity contribution in [2.75, 3.05) is 6.54 Å². The van der Waals surface area contributed by atoms with Crippen molar-refractivity contribution in [2.24, 2.45) is 0 Å². The molecule has 0 aliphatic carbocycles. The normalized spacial score (nSPS) is 16.4. The van der Waals surface area contributed by atoms with Crippen LogP contribution in [0.2, 0.25) is 0 Å². The van der Waals surface area contributed by atoms with Gasteiger partial charge in [-0.3, -0.25) is 4.31 Å². The minimum absolute atomic E-state index is 0.306. The monoisotopic (exact) mass is 481 g/mol. The number of hydrogen-bond acceptors (Lipinski definition) is 2. The topological polar surface area (TPSA) is 37.4 Å². The second-order valence-corrected chi connectivity index (χ2v) is 10.5. The zero-order valence-electron chi connectivity index (χ0n) is 19.9. The molecule has 0 bridgehead atoms. The first kappa shape index (κ1) is 24.5. The van der Waals surface area contributed by atoms with Gasteiger partial charge >= 0.3 is 0 Å². The molecule has 0 aromatic heterocycles. The van der Waals surface area contributed by atoms with Crippen molar-refractivity contribution < 1.29 is 8.42 Å². The zero-order valence-corrected chi connectivity index (χ0v) is 20.8. The van der Waals surface area contributed by atoms with Crippen molar-refractivity contribution in [3.8, 4) is 0 Å². The Morgan fingerprint density at radius 2 is 1.37 bits per heavy atom. The van der Waals surface area contributed by atoms with E-state index in [-0.39, 0.29) is 0 Å². The molecule has 0 amide bonds. The molecular formula is C31H31NO2S. The highest BCUT2D eigenvalue weighted by atomic mass is 32.2. The van der Waals surface area contributed by atoms with Crippen molar-refractivity contribution in [3.05, 3.63) is 138 Å². The molecule has 3 nitrogen and oxygen atoms in total. The summed E-state index contributed by atoms with van der Waals surface area (Å²) in [4.78, 5) is 0.306.